The number of carboxylic acid groups (broad SMARTS) is 1. The van der Waals surface area contributed by atoms with Crippen LogP contribution in [0.5, 0.6) is 0 Å². The third kappa shape index (κ3) is 5.42. The quantitative estimate of drug-likeness (QED) is 0.572. The molecule has 0 aromatic carbocycles. The minimum Gasteiger partial charge on any atom is -0.465 e. The first-order chi connectivity index (χ1) is 5.73. The third-order valence-corrected chi connectivity index (χ3v) is 2.80. The largest absolute Gasteiger partial charge is 0.465 e. The van der Waals surface area contributed by atoms with E-state index in [1.807, 2.05) is 0 Å². The fourth-order valence-corrected chi connectivity index (χ4v) is 1.43. The molecule has 0 radical (unpaired) electrons. The van der Waals surface area contributed by atoms with E-state index < -0.39 is 27.3 Å². The van der Waals surface area contributed by atoms with Gasteiger partial charge in [0, 0.05) is 12.3 Å². The Hall–Kier alpha value is -0.820. The van der Waals surface area contributed by atoms with E-state index in [1.54, 1.807) is 6.92 Å². The molecular formula is C6H14N2O4S. The summed E-state index contributed by atoms with van der Waals surface area (Å²) in [7, 11) is -3.29. The lowest BCUT2D eigenvalue weighted by atomic mass is 10.2. The summed E-state index contributed by atoms with van der Waals surface area (Å²) >= 11 is 0. The fourth-order valence-electron chi connectivity index (χ4n) is 0.793. The molecule has 2 atom stereocenters. The van der Waals surface area contributed by atoms with Crippen LogP contribution in [0.1, 0.15) is 13.3 Å². The molecule has 0 bridgehead atoms. The Morgan fingerprint density at radius 3 is 2.38 bits per heavy atom. The molecule has 2 unspecified atom stereocenters. The number of carbonyl (C=O) groups is 1. The summed E-state index contributed by atoms with van der Waals surface area (Å²) in [4.78, 5) is 10.1. The van der Waals surface area contributed by atoms with Crippen molar-refractivity contribution in [1.82, 2.24) is 5.32 Å². The van der Waals surface area contributed by atoms with Gasteiger partial charge in [0.15, 0.2) is 9.84 Å². The van der Waals surface area contributed by atoms with Crippen LogP contribution in [-0.4, -0.2) is 37.3 Å². The summed E-state index contributed by atoms with van der Waals surface area (Å²) in [5, 5.41) is 9.40. The molecular weight excluding hydrogens is 196 g/mol. The molecule has 0 aromatic heterocycles. The van der Waals surface area contributed by atoms with Gasteiger partial charge in [-0.2, -0.15) is 0 Å². The van der Waals surface area contributed by atoms with Crippen molar-refractivity contribution in [2.75, 3.05) is 6.26 Å². The number of rotatable bonds is 4. The molecule has 78 valence electrons. The van der Waals surface area contributed by atoms with Gasteiger partial charge in [-0.15, -0.1) is 0 Å². The maximum absolute atomic E-state index is 10.9. The Morgan fingerprint density at radius 2 is 2.08 bits per heavy atom. The summed E-state index contributed by atoms with van der Waals surface area (Å²) < 4.78 is 21.7. The molecule has 0 saturated carbocycles. The van der Waals surface area contributed by atoms with Crippen LogP contribution < -0.4 is 11.1 Å². The Labute approximate surface area is 77.0 Å². The van der Waals surface area contributed by atoms with Crippen LogP contribution >= 0.6 is 0 Å². The van der Waals surface area contributed by atoms with E-state index in [0.717, 1.165) is 6.26 Å². The van der Waals surface area contributed by atoms with Gasteiger partial charge in [-0.05, 0) is 13.3 Å². The molecule has 0 heterocycles. The van der Waals surface area contributed by atoms with E-state index in [0.29, 0.717) is 0 Å². The molecule has 0 fully saturated rings. The van der Waals surface area contributed by atoms with Crippen molar-refractivity contribution in [2.45, 2.75) is 24.8 Å². The second kappa shape index (κ2) is 4.43. The van der Waals surface area contributed by atoms with Crippen molar-refractivity contribution in [3.8, 4) is 0 Å². The lowest BCUT2D eigenvalue weighted by Gasteiger charge is -2.15. The predicted octanol–water partition coefficient (Wildman–Crippen LogP) is -0.638. The molecule has 1 amide bonds. The first kappa shape index (κ1) is 12.2. The summed E-state index contributed by atoms with van der Waals surface area (Å²) in [5.41, 5.74) is 5.31. The van der Waals surface area contributed by atoms with Gasteiger partial charge < -0.3 is 16.2 Å². The van der Waals surface area contributed by atoms with Crippen LogP contribution in [-0.2, 0) is 9.84 Å². The minimum atomic E-state index is -3.29. The Bertz CT molecular complexity index is 274. The average Bonchev–Trinajstić information content (AvgIpc) is 1.82. The third-order valence-electron chi connectivity index (χ3n) is 1.51. The van der Waals surface area contributed by atoms with Crippen LogP contribution in [0, 0.1) is 0 Å². The minimum absolute atomic E-state index is 0.0745. The molecule has 6 nitrogen and oxygen atoms in total. The topological polar surface area (TPSA) is 109 Å². The van der Waals surface area contributed by atoms with Gasteiger partial charge in [0.2, 0.25) is 0 Å². The van der Waals surface area contributed by atoms with Crippen molar-refractivity contribution >= 4 is 15.9 Å². The van der Waals surface area contributed by atoms with Crippen molar-refractivity contribution in [2.24, 2.45) is 5.73 Å². The average molecular weight is 210 g/mol. The normalized spacial score (nSPS) is 16.2. The molecule has 7 heteroatoms. The van der Waals surface area contributed by atoms with Crippen molar-refractivity contribution in [1.29, 1.82) is 0 Å². The van der Waals surface area contributed by atoms with Crippen molar-refractivity contribution in [3.05, 3.63) is 0 Å². The van der Waals surface area contributed by atoms with E-state index in [4.69, 9.17) is 10.8 Å². The lowest BCUT2D eigenvalue weighted by molar-refractivity contribution is 0.190. The van der Waals surface area contributed by atoms with E-state index in [1.165, 1.54) is 0 Å². The summed E-state index contributed by atoms with van der Waals surface area (Å²) in [6.45, 7) is 1.55. The molecule has 0 spiro atoms. The molecule has 0 aromatic rings. The first-order valence-corrected chi connectivity index (χ1v) is 5.63. The highest BCUT2D eigenvalue weighted by atomic mass is 32.2. The van der Waals surface area contributed by atoms with Crippen LogP contribution in [0.3, 0.4) is 0 Å². The smallest absolute Gasteiger partial charge is 0.404 e. The highest BCUT2D eigenvalue weighted by Crippen LogP contribution is 2.01. The zero-order valence-electron chi connectivity index (χ0n) is 7.52. The summed E-state index contributed by atoms with van der Waals surface area (Å²) in [6, 6.07) is -0.470. The Balaban J connectivity index is 4.07. The monoisotopic (exact) mass is 210 g/mol. The molecule has 13 heavy (non-hydrogen) atoms. The van der Waals surface area contributed by atoms with E-state index in [-0.39, 0.29) is 6.42 Å². The molecule has 0 saturated heterocycles. The zero-order valence-corrected chi connectivity index (χ0v) is 8.34. The van der Waals surface area contributed by atoms with E-state index in [2.05, 4.69) is 5.32 Å². The van der Waals surface area contributed by atoms with Gasteiger partial charge in [0.25, 0.3) is 0 Å². The second-order valence-electron chi connectivity index (χ2n) is 2.95. The molecule has 0 aliphatic heterocycles. The zero-order chi connectivity index (χ0) is 10.6. The van der Waals surface area contributed by atoms with Crippen LogP contribution in [0.25, 0.3) is 0 Å². The number of nitrogens with two attached hydrogens (primary N) is 1. The highest BCUT2D eigenvalue weighted by molar-refractivity contribution is 7.91. The molecule has 0 rings (SSSR count). The Morgan fingerprint density at radius 1 is 1.62 bits per heavy atom. The predicted molar refractivity (Wildman–Crippen MR) is 48.1 cm³/mol. The number of sulfone groups is 1. The lowest BCUT2D eigenvalue weighted by Crippen LogP contribution is -2.39. The van der Waals surface area contributed by atoms with E-state index in [9.17, 15) is 13.2 Å². The number of hydrogen-bond acceptors (Lipinski definition) is 4. The van der Waals surface area contributed by atoms with Crippen LogP contribution in [0.4, 0.5) is 4.79 Å². The van der Waals surface area contributed by atoms with Gasteiger partial charge in [-0.25, -0.2) is 13.2 Å². The standard InChI is InChI=1S/C6H14N2O4S/c1-4(8-6(9)10)3-5(7)13(2,11)12/h4-5,8H,3,7H2,1-2H3,(H,9,10). The summed E-state index contributed by atoms with van der Waals surface area (Å²) in [5.74, 6) is 0. The van der Waals surface area contributed by atoms with Gasteiger partial charge >= 0.3 is 6.09 Å². The van der Waals surface area contributed by atoms with Gasteiger partial charge in [-0.3, -0.25) is 0 Å². The van der Waals surface area contributed by atoms with Crippen LogP contribution in [0.2, 0.25) is 0 Å². The van der Waals surface area contributed by atoms with Crippen LogP contribution in [0.15, 0.2) is 0 Å². The number of amides is 1. The fraction of sp³-hybridized carbons (Fsp3) is 0.833. The van der Waals surface area contributed by atoms with E-state index >= 15 is 0 Å². The molecule has 0 aliphatic carbocycles. The van der Waals surface area contributed by atoms with Gasteiger partial charge in [0.1, 0.15) is 5.37 Å². The first-order valence-electron chi connectivity index (χ1n) is 3.67. The maximum Gasteiger partial charge on any atom is 0.404 e. The SMILES string of the molecule is CC(CC(N)S(C)(=O)=O)NC(=O)O. The number of hydrogen-bond donors (Lipinski definition) is 3. The van der Waals surface area contributed by atoms with Gasteiger partial charge in [-0.1, -0.05) is 0 Å². The second-order valence-corrected chi connectivity index (χ2v) is 5.22. The number of nitrogens with one attached hydrogen (secondary N) is 1. The Kier molecular flexibility index (Phi) is 4.15. The highest BCUT2D eigenvalue weighted by Gasteiger charge is 2.19. The molecule has 4 N–H and O–H groups in total. The van der Waals surface area contributed by atoms with Crippen molar-refractivity contribution in [3.63, 3.8) is 0 Å². The van der Waals surface area contributed by atoms with Gasteiger partial charge in [0.05, 0.1) is 0 Å². The van der Waals surface area contributed by atoms with Crippen molar-refractivity contribution < 1.29 is 18.3 Å². The molecule has 0 aliphatic rings. The summed E-state index contributed by atoms with van der Waals surface area (Å²) in [6.07, 6.45) is -0.0933. The maximum atomic E-state index is 10.9.